The quantitative estimate of drug-likeness (QED) is 0.259. The van der Waals surface area contributed by atoms with Crippen LogP contribution >= 0.6 is 11.8 Å². The number of unbranched alkanes of at least 4 members (excludes halogenated alkanes) is 4. The standard InChI is InChI=1S/C18H34O2S/c1-5-7-8-9-10-12-17(3)19-14-15-20-18(4)13-11-16-21-6-2/h3-16H2,1-2H3. The van der Waals surface area contributed by atoms with Crippen LogP contribution in [0, 0.1) is 0 Å². The first-order chi connectivity index (χ1) is 10.2. The van der Waals surface area contributed by atoms with Gasteiger partial charge in [-0.15, -0.1) is 0 Å². The topological polar surface area (TPSA) is 18.5 Å². The Kier molecular flexibility index (Phi) is 15.4. The molecule has 124 valence electrons. The van der Waals surface area contributed by atoms with E-state index >= 15 is 0 Å². The molecule has 0 unspecified atom stereocenters. The second kappa shape index (κ2) is 15.8. The lowest BCUT2D eigenvalue weighted by atomic mass is 10.1. The van der Waals surface area contributed by atoms with E-state index in [0.717, 1.165) is 30.8 Å². The van der Waals surface area contributed by atoms with Gasteiger partial charge in [-0.1, -0.05) is 52.7 Å². The summed E-state index contributed by atoms with van der Waals surface area (Å²) in [4.78, 5) is 0. The van der Waals surface area contributed by atoms with Crippen molar-refractivity contribution in [1.29, 1.82) is 0 Å². The largest absolute Gasteiger partial charge is 0.495 e. The summed E-state index contributed by atoms with van der Waals surface area (Å²) in [5.74, 6) is 4.13. The summed E-state index contributed by atoms with van der Waals surface area (Å²) in [5.41, 5.74) is 0. The Morgan fingerprint density at radius 3 is 1.95 bits per heavy atom. The molecule has 0 aliphatic rings. The minimum absolute atomic E-state index is 0.578. The van der Waals surface area contributed by atoms with E-state index in [1.54, 1.807) is 0 Å². The minimum atomic E-state index is 0.578. The Morgan fingerprint density at radius 1 is 0.810 bits per heavy atom. The molecule has 0 N–H and O–H groups in total. The summed E-state index contributed by atoms with van der Waals surface area (Å²) in [6, 6.07) is 0. The van der Waals surface area contributed by atoms with Gasteiger partial charge in [0.05, 0.1) is 11.5 Å². The van der Waals surface area contributed by atoms with Crippen molar-refractivity contribution in [2.45, 2.75) is 65.2 Å². The average molecular weight is 315 g/mol. The number of rotatable bonds is 16. The molecule has 0 aliphatic heterocycles. The van der Waals surface area contributed by atoms with Crippen molar-refractivity contribution in [3.63, 3.8) is 0 Å². The van der Waals surface area contributed by atoms with Crippen LogP contribution in [0.15, 0.2) is 24.7 Å². The Balaban J connectivity index is 3.32. The van der Waals surface area contributed by atoms with Crippen molar-refractivity contribution in [2.75, 3.05) is 24.7 Å². The maximum absolute atomic E-state index is 5.58. The van der Waals surface area contributed by atoms with E-state index in [4.69, 9.17) is 9.47 Å². The van der Waals surface area contributed by atoms with Gasteiger partial charge in [-0.3, -0.25) is 0 Å². The van der Waals surface area contributed by atoms with Gasteiger partial charge >= 0.3 is 0 Å². The van der Waals surface area contributed by atoms with Crippen LogP contribution in [0.5, 0.6) is 0 Å². The zero-order chi connectivity index (χ0) is 15.8. The predicted molar refractivity (Wildman–Crippen MR) is 95.8 cm³/mol. The number of allylic oxidation sites excluding steroid dienone is 2. The van der Waals surface area contributed by atoms with Gasteiger partial charge < -0.3 is 9.47 Å². The van der Waals surface area contributed by atoms with Crippen LogP contribution in [0.2, 0.25) is 0 Å². The first-order valence-electron chi connectivity index (χ1n) is 8.39. The van der Waals surface area contributed by atoms with Crippen LogP contribution in [0.1, 0.15) is 65.2 Å². The van der Waals surface area contributed by atoms with Crippen LogP contribution in [0.25, 0.3) is 0 Å². The predicted octanol–water partition coefficient (Wildman–Crippen LogP) is 5.94. The van der Waals surface area contributed by atoms with E-state index in [-0.39, 0.29) is 0 Å². The molecule has 0 saturated heterocycles. The van der Waals surface area contributed by atoms with Gasteiger partial charge in [0.1, 0.15) is 13.2 Å². The summed E-state index contributed by atoms with van der Waals surface area (Å²) < 4.78 is 11.1. The smallest absolute Gasteiger partial charge is 0.122 e. The molecule has 0 aromatic rings. The zero-order valence-electron chi connectivity index (χ0n) is 14.1. The maximum atomic E-state index is 5.58. The summed E-state index contributed by atoms with van der Waals surface area (Å²) in [6.45, 7) is 13.5. The van der Waals surface area contributed by atoms with Crippen LogP contribution < -0.4 is 0 Å². The molecule has 0 fully saturated rings. The highest BCUT2D eigenvalue weighted by atomic mass is 32.2. The van der Waals surface area contributed by atoms with Crippen LogP contribution in [-0.2, 0) is 9.47 Å². The van der Waals surface area contributed by atoms with E-state index in [0.29, 0.717) is 13.2 Å². The van der Waals surface area contributed by atoms with E-state index in [1.807, 2.05) is 11.8 Å². The Morgan fingerprint density at radius 2 is 1.38 bits per heavy atom. The first-order valence-corrected chi connectivity index (χ1v) is 9.55. The normalized spacial score (nSPS) is 10.4. The monoisotopic (exact) mass is 314 g/mol. The number of ether oxygens (including phenoxy) is 2. The van der Waals surface area contributed by atoms with Crippen molar-refractivity contribution in [3.8, 4) is 0 Å². The third kappa shape index (κ3) is 15.6. The van der Waals surface area contributed by atoms with Gasteiger partial charge in [0.2, 0.25) is 0 Å². The Labute approximate surface area is 136 Å². The molecule has 0 aliphatic carbocycles. The van der Waals surface area contributed by atoms with E-state index in [9.17, 15) is 0 Å². The molecule has 0 atom stereocenters. The van der Waals surface area contributed by atoms with Gasteiger partial charge in [-0.05, 0) is 24.3 Å². The molecule has 0 heterocycles. The summed E-state index contributed by atoms with van der Waals surface area (Å²) >= 11 is 1.96. The number of hydrogen-bond acceptors (Lipinski definition) is 3. The van der Waals surface area contributed by atoms with E-state index in [2.05, 4.69) is 27.0 Å². The fraction of sp³-hybridized carbons (Fsp3) is 0.778. The van der Waals surface area contributed by atoms with E-state index < -0.39 is 0 Å². The Hall–Kier alpha value is -0.570. The van der Waals surface area contributed by atoms with Crippen LogP contribution in [0.3, 0.4) is 0 Å². The fourth-order valence-corrected chi connectivity index (χ4v) is 2.59. The molecule has 21 heavy (non-hydrogen) atoms. The SMILES string of the molecule is C=C(CCCCCCC)OCCOC(=C)CCCSCC. The lowest BCUT2D eigenvalue weighted by Gasteiger charge is -2.11. The zero-order valence-corrected chi connectivity index (χ0v) is 14.9. The second-order valence-corrected chi connectivity index (χ2v) is 6.63. The van der Waals surface area contributed by atoms with Crippen molar-refractivity contribution >= 4 is 11.8 Å². The van der Waals surface area contributed by atoms with Gasteiger partial charge in [0.15, 0.2) is 0 Å². The fourth-order valence-electron chi connectivity index (χ4n) is 1.96. The lowest BCUT2D eigenvalue weighted by molar-refractivity contribution is 0.110. The molecular formula is C18H34O2S. The molecule has 3 heteroatoms. The summed E-state index contributed by atoms with van der Waals surface area (Å²) in [7, 11) is 0. The van der Waals surface area contributed by atoms with Gasteiger partial charge in [-0.2, -0.15) is 11.8 Å². The van der Waals surface area contributed by atoms with Crippen LogP contribution in [0.4, 0.5) is 0 Å². The van der Waals surface area contributed by atoms with Gasteiger partial charge in [0.25, 0.3) is 0 Å². The van der Waals surface area contributed by atoms with Gasteiger partial charge in [-0.25, -0.2) is 0 Å². The molecule has 0 radical (unpaired) electrons. The molecule has 0 amide bonds. The molecule has 0 saturated carbocycles. The summed E-state index contributed by atoms with van der Waals surface area (Å²) in [5, 5.41) is 0. The highest BCUT2D eigenvalue weighted by Gasteiger charge is 1.99. The third-order valence-corrected chi connectivity index (χ3v) is 4.19. The van der Waals surface area contributed by atoms with E-state index in [1.165, 1.54) is 43.6 Å². The molecule has 0 rings (SSSR count). The molecule has 0 bridgehead atoms. The molecule has 0 aromatic carbocycles. The van der Waals surface area contributed by atoms with Crippen molar-refractivity contribution < 1.29 is 9.47 Å². The van der Waals surface area contributed by atoms with Crippen LogP contribution in [-0.4, -0.2) is 24.7 Å². The number of thioether (sulfide) groups is 1. The average Bonchev–Trinajstić information content (AvgIpc) is 2.48. The van der Waals surface area contributed by atoms with Crippen molar-refractivity contribution in [1.82, 2.24) is 0 Å². The summed E-state index contributed by atoms with van der Waals surface area (Å²) in [6.07, 6.45) is 9.46. The lowest BCUT2D eigenvalue weighted by Crippen LogP contribution is -2.04. The molecular weight excluding hydrogens is 280 g/mol. The highest BCUT2D eigenvalue weighted by molar-refractivity contribution is 7.99. The Bertz CT molecular complexity index is 264. The number of hydrogen-bond donors (Lipinski definition) is 0. The van der Waals surface area contributed by atoms with Crippen molar-refractivity contribution in [2.24, 2.45) is 0 Å². The van der Waals surface area contributed by atoms with Crippen molar-refractivity contribution in [3.05, 3.63) is 24.7 Å². The molecule has 0 aromatic heterocycles. The van der Waals surface area contributed by atoms with Gasteiger partial charge in [0, 0.05) is 12.8 Å². The highest BCUT2D eigenvalue weighted by Crippen LogP contribution is 2.12. The molecule has 0 spiro atoms. The third-order valence-electron chi connectivity index (χ3n) is 3.20. The molecule has 2 nitrogen and oxygen atoms in total. The first kappa shape index (κ1) is 20.4. The maximum Gasteiger partial charge on any atom is 0.122 e. The second-order valence-electron chi connectivity index (χ2n) is 5.24. The minimum Gasteiger partial charge on any atom is -0.495 e.